The maximum atomic E-state index is 13.4. The topological polar surface area (TPSA) is 41.5 Å². The van der Waals surface area contributed by atoms with Crippen molar-refractivity contribution in [3.63, 3.8) is 0 Å². The van der Waals surface area contributed by atoms with E-state index in [1.54, 1.807) is 12.1 Å². The zero-order chi connectivity index (χ0) is 13.8. The number of anilines is 1. The monoisotopic (exact) mass is 265 g/mol. The van der Waals surface area contributed by atoms with Crippen molar-refractivity contribution in [2.45, 2.75) is 6.54 Å². The largest absolute Gasteiger partial charge is 0.504 e. The Balaban J connectivity index is 2.13. The second-order valence-corrected chi connectivity index (χ2v) is 3.94. The van der Waals surface area contributed by atoms with Crippen LogP contribution in [0.5, 0.6) is 11.5 Å². The molecule has 3 nitrogen and oxygen atoms in total. The van der Waals surface area contributed by atoms with Crippen LogP contribution in [0.2, 0.25) is 0 Å². The number of hydrogen-bond donors (Lipinski definition) is 2. The lowest BCUT2D eigenvalue weighted by atomic mass is 10.2. The van der Waals surface area contributed by atoms with Crippen molar-refractivity contribution in [2.24, 2.45) is 0 Å². The number of nitrogens with one attached hydrogen (secondary N) is 1. The Morgan fingerprint density at radius 3 is 2.42 bits per heavy atom. The van der Waals surface area contributed by atoms with Crippen molar-refractivity contribution >= 4 is 5.69 Å². The lowest BCUT2D eigenvalue weighted by Gasteiger charge is -2.10. The first-order chi connectivity index (χ1) is 9.11. The van der Waals surface area contributed by atoms with Gasteiger partial charge in [-0.1, -0.05) is 6.07 Å². The molecule has 0 saturated carbocycles. The molecule has 0 aliphatic carbocycles. The van der Waals surface area contributed by atoms with Crippen molar-refractivity contribution in [1.82, 2.24) is 0 Å². The zero-order valence-corrected chi connectivity index (χ0v) is 10.3. The minimum Gasteiger partial charge on any atom is -0.504 e. The van der Waals surface area contributed by atoms with Crippen LogP contribution < -0.4 is 10.1 Å². The molecule has 0 saturated heterocycles. The molecular formula is C14H13F2NO2. The lowest BCUT2D eigenvalue weighted by Crippen LogP contribution is -2.04. The Hall–Kier alpha value is -2.30. The third kappa shape index (κ3) is 2.93. The van der Waals surface area contributed by atoms with Gasteiger partial charge in [-0.15, -0.1) is 0 Å². The number of aromatic hydroxyl groups is 1. The maximum absolute atomic E-state index is 13.4. The first-order valence-electron chi connectivity index (χ1n) is 5.65. The highest BCUT2D eigenvalue weighted by Crippen LogP contribution is 2.28. The Morgan fingerprint density at radius 1 is 1.16 bits per heavy atom. The van der Waals surface area contributed by atoms with Gasteiger partial charge in [0.25, 0.3) is 0 Å². The number of ether oxygens (including phenoxy) is 1. The van der Waals surface area contributed by atoms with Gasteiger partial charge in [0.1, 0.15) is 11.6 Å². The molecule has 0 heterocycles. The summed E-state index contributed by atoms with van der Waals surface area (Å²) in [7, 11) is 1.44. The smallest absolute Gasteiger partial charge is 0.160 e. The molecule has 2 aromatic carbocycles. The van der Waals surface area contributed by atoms with Crippen LogP contribution in [0.1, 0.15) is 5.56 Å². The number of benzene rings is 2. The Kier molecular flexibility index (Phi) is 3.85. The van der Waals surface area contributed by atoms with Crippen LogP contribution in [0.3, 0.4) is 0 Å². The van der Waals surface area contributed by atoms with Gasteiger partial charge in [0, 0.05) is 23.9 Å². The number of halogens is 2. The van der Waals surface area contributed by atoms with Crippen molar-refractivity contribution in [3.8, 4) is 11.5 Å². The number of phenols is 1. The lowest BCUT2D eigenvalue weighted by molar-refractivity contribution is 0.373. The molecular weight excluding hydrogens is 252 g/mol. The van der Waals surface area contributed by atoms with Crippen molar-refractivity contribution in [2.75, 3.05) is 12.4 Å². The van der Waals surface area contributed by atoms with Crippen LogP contribution in [0, 0.1) is 11.6 Å². The minimum absolute atomic E-state index is 0.00965. The Morgan fingerprint density at radius 2 is 1.84 bits per heavy atom. The molecule has 0 aromatic heterocycles. The number of hydrogen-bond acceptors (Lipinski definition) is 3. The molecule has 0 bridgehead atoms. The predicted molar refractivity (Wildman–Crippen MR) is 68.3 cm³/mol. The molecule has 100 valence electrons. The molecule has 0 unspecified atom stereocenters. The van der Waals surface area contributed by atoms with Crippen molar-refractivity contribution in [3.05, 3.63) is 53.6 Å². The number of methoxy groups -OCH3 is 1. The molecule has 19 heavy (non-hydrogen) atoms. The first kappa shape index (κ1) is 13.1. The molecule has 0 aliphatic heterocycles. The van der Waals surface area contributed by atoms with Gasteiger partial charge in [0.15, 0.2) is 11.5 Å². The quantitative estimate of drug-likeness (QED) is 0.891. The second-order valence-electron chi connectivity index (χ2n) is 3.94. The summed E-state index contributed by atoms with van der Waals surface area (Å²) in [6.07, 6.45) is 0. The Labute approximate surface area is 109 Å². The fourth-order valence-electron chi connectivity index (χ4n) is 1.69. The van der Waals surface area contributed by atoms with Gasteiger partial charge in [0.05, 0.1) is 7.11 Å². The molecule has 0 aliphatic rings. The molecule has 0 spiro atoms. The fourth-order valence-corrected chi connectivity index (χ4v) is 1.69. The standard InChI is InChI=1S/C14H13F2NO2/c1-19-14-6-5-9(7-13(14)18)17-8-10-11(15)3-2-4-12(10)16/h2-7,17-18H,8H2,1H3. The van der Waals surface area contributed by atoms with E-state index in [-0.39, 0.29) is 17.9 Å². The normalized spacial score (nSPS) is 10.3. The van der Waals surface area contributed by atoms with Crippen LogP contribution in [0.25, 0.3) is 0 Å². The highest BCUT2D eigenvalue weighted by atomic mass is 19.1. The summed E-state index contributed by atoms with van der Waals surface area (Å²) >= 11 is 0. The van der Waals surface area contributed by atoms with Gasteiger partial charge in [-0.25, -0.2) is 8.78 Å². The summed E-state index contributed by atoms with van der Waals surface area (Å²) in [6, 6.07) is 8.36. The van der Waals surface area contributed by atoms with Gasteiger partial charge in [-0.05, 0) is 24.3 Å². The van der Waals surface area contributed by atoms with Crippen molar-refractivity contribution in [1.29, 1.82) is 0 Å². The fraction of sp³-hybridized carbons (Fsp3) is 0.143. The van der Waals surface area contributed by atoms with E-state index in [0.29, 0.717) is 11.4 Å². The van der Waals surface area contributed by atoms with Crippen LogP contribution in [-0.2, 0) is 6.54 Å². The summed E-state index contributed by atoms with van der Waals surface area (Å²) in [5, 5.41) is 12.4. The summed E-state index contributed by atoms with van der Waals surface area (Å²) in [5.41, 5.74) is 0.499. The molecule has 0 radical (unpaired) electrons. The average molecular weight is 265 g/mol. The summed E-state index contributed by atoms with van der Waals surface area (Å²) < 4.78 is 31.7. The third-order valence-corrected chi connectivity index (χ3v) is 2.71. The molecule has 0 atom stereocenters. The molecule has 0 amide bonds. The molecule has 2 aromatic rings. The second kappa shape index (κ2) is 5.56. The van der Waals surface area contributed by atoms with E-state index in [1.807, 2.05) is 0 Å². The van der Waals surface area contributed by atoms with E-state index >= 15 is 0 Å². The van der Waals surface area contributed by atoms with Crippen LogP contribution in [0.4, 0.5) is 14.5 Å². The molecule has 5 heteroatoms. The molecule has 2 N–H and O–H groups in total. The Bertz CT molecular complexity index is 567. The van der Waals surface area contributed by atoms with E-state index in [9.17, 15) is 13.9 Å². The van der Waals surface area contributed by atoms with Crippen LogP contribution in [-0.4, -0.2) is 12.2 Å². The van der Waals surface area contributed by atoms with Gasteiger partial charge < -0.3 is 15.2 Å². The average Bonchev–Trinajstić information content (AvgIpc) is 2.38. The zero-order valence-electron chi connectivity index (χ0n) is 10.3. The van der Waals surface area contributed by atoms with Crippen LogP contribution in [0.15, 0.2) is 36.4 Å². The summed E-state index contributed by atoms with van der Waals surface area (Å²) in [4.78, 5) is 0. The molecule has 2 rings (SSSR count). The van der Waals surface area contributed by atoms with Crippen molar-refractivity contribution < 1.29 is 18.6 Å². The number of phenolic OH excluding ortho intramolecular Hbond substituents is 1. The van der Waals surface area contributed by atoms with E-state index in [2.05, 4.69) is 5.32 Å². The minimum atomic E-state index is -0.606. The third-order valence-electron chi connectivity index (χ3n) is 2.71. The van der Waals surface area contributed by atoms with Crippen LogP contribution >= 0.6 is 0 Å². The highest BCUT2D eigenvalue weighted by molar-refractivity contribution is 5.54. The van der Waals surface area contributed by atoms with E-state index in [4.69, 9.17) is 4.74 Å². The van der Waals surface area contributed by atoms with Gasteiger partial charge in [-0.2, -0.15) is 0 Å². The summed E-state index contributed by atoms with van der Waals surface area (Å²) in [6.45, 7) is -0.00965. The van der Waals surface area contributed by atoms with Gasteiger partial charge in [0.2, 0.25) is 0 Å². The van der Waals surface area contributed by atoms with Gasteiger partial charge in [-0.3, -0.25) is 0 Å². The maximum Gasteiger partial charge on any atom is 0.160 e. The number of rotatable bonds is 4. The predicted octanol–water partition coefficient (Wildman–Crippen LogP) is 3.29. The van der Waals surface area contributed by atoms with E-state index < -0.39 is 11.6 Å². The van der Waals surface area contributed by atoms with Gasteiger partial charge >= 0.3 is 0 Å². The highest BCUT2D eigenvalue weighted by Gasteiger charge is 2.08. The summed E-state index contributed by atoms with van der Waals surface area (Å²) in [5.74, 6) is -0.917. The first-order valence-corrected chi connectivity index (χ1v) is 5.65. The van der Waals surface area contributed by atoms with E-state index in [0.717, 1.165) is 0 Å². The SMILES string of the molecule is COc1ccc(NCc2c(F)cccc2F)cc1O. The molecule has 0 fully saturated rings. The van der Waals surface area contributed by atoms with E-state index in [1.165, 1.54) is 31.4 Å².